The second-order valence-electron chi connectivity index (χ2n) is 6.59. The Morgan fingerprint density at radius 3 is 2.76 bits per heavy atom. The van der Waals surface area contributed by atoms with Crippen molar-refractivity contribution in [2.75, 3.05) is 13.1 Å². The Hall–Kier alpha value is -1.79. The summed E-state index contributed by atoms with van der Waals surface area (Å²) in [4.78, 5) is 4.54. The summed E-state index contributed by atoms with van der Waals surface area (Å²) in [5.41, 5.74) is 0.208. The summed E-state index contributed by atoms with van der Waals surface area (Å²) >= 11 is 3.47. The third-order valence-electron chi connectivity index (χ3n) is 4.35. The van der Waals surface area contributed by atoms with Gasteiger partial charge >= 0.3 is 0 Å². The average Bonchev–Trinajstić information content (AvgIpc) is 3.10. The molecular formula is C19H24BrN3O2. The predicted octanol–water partition coefficient (Wildman–Crippen LogP) is 3.36. The van der Waals surface area contributed by atoms with Crippen LogP contribution < -0.4 is 10.6 Å². The van der Waals surface area contributed by atoms with Crippen molar-refractivity contribution in [2.24, 2.45) is 4.99 Å². The van der Waals surface area contributed by atoms with Crippen LogP contribution in [0.2, 0.25) is 0 Å². The lowest BCUT2D eigenvalue weighted by atomic mass is 10.0. The molecule has 3 unspecified atom stereocenters. The number of aliphatic hydroxyl groups is 1. The van der Waals surface area contributed by atoms with Crippen molar-refractivity contribution < 1.29 is 9.52 Å². The van der Waals surface area contributed by atoms with Gasteiger partial charge in [0.2, 0.25) is 0 Å². The number of nitrogens with one attached hydrogen (secondary N) is 2. The molecule has 1 aromatic carbocycles. The van der Waals surface area contributed by atoms with Gasteiger partial charge in [-0.05, 0) is 50.1 Å². The second-order valence-corrected chi connectivity index (χ2v) is 7.51. The van der Waals surface area contributed by atoms with E-state index in [0.717, 1.165) is 23.4 Å². The highest BCUT2D eigenvalue weighted by atomic mass is 79.9. The maximum absolute atomic E-state index is 10.5. The van der Waals surface area contributed by atoms with E-state index >= 15 is 0 Å². The molecule has 0 amide bonds. The van der Waals surface area contributed by atoms with Gasteiger partial charge in [0.05, 0.1) is 12.8 Å². The van der Waals surface area contributed by atoms with Crippen molar-refractivity contribution in [3.8, 4) is 0 Å². The van der Waals surface area contributed by atoms with Crippen LogP contribution in [0.25, 0.3) is 0 Å². The molecule has 1 fully saturated rings. The zero-order valence-corrected chi connectivity index (χ0v) is 16.1. The Bertz CT molecular complexity index is 711. The molecular weight excluding hydrogens is 382 g/mol. The lowest BCUT2D eigenvalue weighted by molar-refractivity contribution is 0.0437. The number of aliphatic imine (C=N–C) groups is 1. The topological polar surface area (TPSA) is 69.8 Å². The van der Waals surface area contributed by atoms with Crippen molar-refractivity contribution in [1.29, 1.82) is 0 Å². The van der Waals surface area contributed by atoms with Gasteiger partial charge in [-0.25, -0.2) is 4.99 Å². The van der Waals surface area contributed by atoms with Gasteiger partial charge in [0.1, 0.15) is 11.4 Å². The van der Waals surface area contributed by atoms with Gasteiger partial charge in [0, 0.05) is 23.0 Å². The van der Waals surface area contributed by atoms with Gasteiger partial charge < -0.3 is 20.2 Å². The molecule has 134 valence electrons. The fraction of sp³-hybridized carbons (Fsp3) is 0.421. The monoisotopic (exact) mass is 405 g/mol. The van der Waals surface area contributed by atoms with Crippen LogP contribution in [0, 0.1) is 0 Å². The first kappa shape index (κ1) is 18.0. The SMILES string of the molecule is CCNC(=NCC(C)(O)c1ccco1)NC1CC1c1ccc(Br)cc1. The number of benzene rings is 1. The van der Waals surface area contributed by atoms with Crippen LogP contribution in [-0.2, 0) is 5.60 Å². The zero-order valence-electron chi connectivity index (χ0n) is 14.5. The summed E-state index contributed by atoms with van der Waals surface area (Å²) in [6.07, 6.45) is 2.64. The van der Waals surface area contributed by atoms with Crippen LogP contribution in [-0.4, -0.2) is 30.2 Å². The van der Waals surface area contributed by atoms with Crippen LogP contribution in [0.3, 0.4) is 0 Å². The van der Waals surface area contributed by atoms with Crippen LogP contribution in [0.15, 0.2) is 56.5 Å². The van der Waals surface area contributed by atoms with Crippen molar-refractivity contribution in [3.05, 3.63) is 58.5 Å². The lowest BCUT2D eigenvalue weighted by Gasteiger charge is -2.19. The first-order valence-corrected chi connectivity index (χ1v) is 9.35. The number of rotatable bonds is 6. The summed E-state index contributed by atoms with van der Waals surface area (Å²) < 4.78 is 6.40. The molecule has 1 heterocycles. The summed E-state index contributed by atoms with van der Waals surface area (Å²) in [6, 6.07) is 12.4. The van der Waals surface area contributed by atoms with E-state index in [-0.39, 0.29) is 6.54 Å². The lowest BCUT2D eigenvalue weighted by Crippen LogP contribution is -2.40. The maximum Gasteiger partial charge on any atom is 0.191 e. The molecule has 0 aliphatic heterocycles. The van der Waals surface area contributed by atoms with E-state index in [2.05, 4.69) is 55.8 Å². The number of furan rings is 1. The Morgan fingerprint density at radius 1 is 1.36 bits per heavy atom. The quantitative estimate of drug-likeness (QED) is 0.508. The average molecular weight is 406 g/mol. The van der Waals surface area contributed by atoms with Gasteiger partial charge in [-0.15, -0.1) is 0 Å². The molecule has 1 aromatic heterocycles. The highest BCUT2D eigenvalue weighted by Gasteiger charge is 2.39. The zero-order chi connectivity index (χ0) is 17.9. The molecule has 1 saturated carbocycles. The number of hydrogen-bond acceptors (Lipinski definition) is 3. The minimum absolute atomic E-state index is 0.228. The third-order valence-corrected chi connectivity index (χ3v) is 4.88. The van der Waals surface area contributed by atoms with E-state index < -0.39 is 5.60 Å². The summed E-state index contributed by atoms with van der Waals surface area (Å²) in [5.74, 6) is 1.74. The largest absolute Gasteiger partial charge is 0.466 e. The number of nitrogens with zero attached hydrogens (tertiary/aromatic N) is 1. The van der Waals surface area contributed by atoms with Crippen molar-refractivity contribution in [1.82, 2.24) is 10.6 Å². The smallest absolute Gasteiger partial charge is 0.191 e. The Kier molecular flexibility index (Phi) is 5.49. The van der Waals surface area contributed by atoms with Gasteiger partial charge in [0.15, 0.2) is 5.96 Å². The van der Waals surface area contributed by atoms with E-state index in [0.29, 0.717) is 17.7 Å². The molecule has 25 heavy (non-hydrogen) atoms. The fourth-order valence-electron chi connectivity index (χ4n) is 2.82. The molecule has 0 spiro atoms. The third kappa shape index (κ3) is 4.64. The molecule has 1 aliphatic rings. The molecule has 0 radical (unpaired) electrons. The minimum Gasteiger partial charge on any atom is -0.466 e. The van der Waals surface area contributed by atoms with E-state index in [1.807, 2.05) is 6.92 Å². The van der Waals surface area contributed by atoms with Crippen molar-refractivity contribution in [3.63, 3.8) is 0 Å². The van der Waals surface area contributed by atoms with Crippen molar-refractivity contribution in [2.45, 2.75) is 37.8 Å². The Labute approximate surface area is 156 Å². The van der Waals surface area contributed by atoms with Gasteiger partial charge in [-0.3, -0.25) is 0 Å². The highest BCUT2D eigenvalue weighted by Crippen LogP contribution is 2.41. The normalized spacial score (nSPS) is 22.3. The number of hydrogen-bond donors (Lipinski definition) is 3. The van der Waals surface area contributed by atoms with Crippen LogP contribution >= 0.6 is 15.9 Å². The van der Waals surface area contributed by atoms with Crippen molar-refractivity contribution >= 4 is 21.9 Å². The second kappa shape index (κ2) is 7.62. The molecule has 2 aromatic rings. The van der Waals surface area contributed by atoms with E-state index in [9.17, 15) is 5.11 Å². The van der Waals surface area contributed by atoms with Gasteiger partial charge in [0.25, 0.3) is 0 Å². The fourth-order valence-corrected chi connectivity index (χ4v) is 3.09. The Morgan fingerprint density at radius 2 is 2.12 bits per heavy atom. The summed E-state index contributed by atoms with van der Waals surface area (Å²) in [5, 5.41) is 17.2. The predicted molar refractivity (Wildman–Crippen MR) is 103 cm³/mol. The molecule has 0 bridgehead atoms. The maximum atomic E-state index is 10.5. The summed E-state index contributed by atoms with van der Waals surface area (Å²) in [6.45, 7) is 4.73. The first-order valence-electron chi connectivity index (χ1n) is 8.56. The molecule has 1 aliphatic carbocycles. The van der Waals surface area contributed by atoms with E-state index in [1.165, 1.54) is 5.56 Å². The Balaban J connectivity index is 1.61. The van der Waals surface area contributed by atoms with Crippen LogP contribution in [0.4, 0.5) is 0 Å². The first-order chi connectivity index (χ1) is 12.0. The van der Waals surface area contributed by atoms with Crippen LogP contribution in [0.1, 0.15) is 37.5 Å². The van der Waals surface area contributed by atoms with E-state index in [1.54, 1.807) is 25.3 Å². The number of guanidine groups is 1. The molecule has 3 rings (SSSR count). The van der Waals surface area contributed by atoms with E-state index in [4.69, 9.17) is 4.42 Å². The van der Waals surface area contributed by atoms with Gasteiger partial charge in [-0.2, -0.15) is 0 Å². The van der Waals surface area contributed by atoms with Crippen LogP contribution in [0.5, 0.6) is 0 Å². The molecule has 3 N–H and O–H groups in total. The number of halogens is 1. The summed E-state index contributed by atoms with van der Waals surface area (Å²) in [7, 11) is 0. The van der Waals surface area contributed by atoms with Gasteiger partial charge in [-0.1, -0.05) is 28.1 Å². The molecule has 6 heteroatoms. The standard InChI is InChI=1S/C19H24BrN3O2/c1-3-21-18(22-12-19(2,24)17-5-4-10-25-17)23-16-11-15(16)13-6-8-14(20)9-7-13/h4-10,15-16,24H,3,11-12H2,1-2H3,(H2,21,22,23). The molecule has 3 atom stereocenters. The molecule has 0 saturated heterocycles. The minimum atomic E-state index is -1.12. The highest BCUT2D eigenvalue weighted by molar-refractivity contribution is 9.10. The molecule has 5 nitrogen and oxygen atoms in total.